The molecule has 0 radical (unpaired) electrons. The number of aryl methyl sites for hydroxylation is 2. The zero-order chi connectivity index (χ0) is 23.7. The van der Waals surface area contributed by atoms with Crippen molar-refractivity contribution in [3.05, 3.63) is 80.4 Å². The number of hydrogen-bond donors (Lipinski definition) is 1. The van der Waals surface area contributed by atoms with E-state index in [1.165, 1.54) is 0 Å². The number of carbonyl (C=O) groups is 1. The van der Waals surface area contributed by atoms with Crippen molar-refractivity contribution in [2.75, 3.05) is 12.0 Å². The third-order valence-electron chi connectivity index (χ3n) is 5.18. The molecule has 0 bridgehead atoms. The lowest BCUT2D eigenvalue weighted by atomic mass is 10.2. The van der Waals surface area contributed by atoms with Crippen molar-refractivity contribution in [3.63, 3.8) is 0 Å². The Bertz CT molecular complexity index is 1550. The first-order valence-electron chi connectivity index (χ1n) is 10.2. The van der Waals surface area contributed by atoms with E-state index in [4.69, 9.17) is 11.3 Å². The molecule has 0 spiro atoms. The molecule has 10 nitrogen and oxygen atoms in total. The quantitative estimate of drug-likeness (QED) is 0.380. The molecular weight excluding hydrogens is 420 g/mol. The molecule has 1 atom stereocenters. The molecule has 0 aliphatic carbocycles. The van der Waals surface area contributed by atoms with E-state index in [0.717, 1.165) is 27.9 Å². The lowest BCUT2D eigenvalue weighted by Gasteiger charge is -2.10. The van der Waals surface area contributed by atoms with E-state index in [1.54, 1.807) is 16.1 Å². The van der Waals surface area contributed by atoms with Crippen LogP contribution in [0.2, 0.25) is 0 Å². The second kappa shape index (κ2) is 8.55. The molecule has 166 valence electrons. The van der Waals surface area contributed by atoms with Crippen LogP contribution in [0.1, 0.15) is 40.5 Å². The monoisotopic (exact) mass is 442 g/mol. The van der Waals surface area contributed by atoms with Crippen LogP contribution in [-0.4, -0.2) is 37.1 Å². The molecule has 4 heterocycles. The standard InChI is InChI=1S/C16H14N4O2.C7H8N4/c1-4-22-16(21)12-13(17-3)10(2)20-15(12)18-14(19-20)11-8-6-5-7-9-11;1-4-5(2)10-11-6(3)8-9-7(4)11/h5-9,14,19H,2,4H2,1H3;1H2,2-3H3. The molecule has 1 unspecified atom stereocenters. The third kappa shape index (κ3) is 3.70. The SMILES string of the molecule is C=c1c(C)nn2c(C)nnc12.[C-]#[N+]c1c(C(=O)OCC)c2n(c1=C)NC(c1ccccc1)N=2. The molecule has 1 aliphatic rings. The minimum absolute atomic E-state index is 0.174. The Labute approximate surface area is 189 Å². The third-order valence-corrected chi connectivity index (χ3v) is 5.18. The van der Waals surface area contributed by atoms with Gasteiger partial charge in [-0.25, -0.2) is 14.6 Å². The van der Waals surface area contributed by atoms with Gasteiger partial charge < -0.3 is 4.74 Å². The van der Waals surface area contributed by atoms with Crippen LogP contribution in [0.25, 0.3) is 23.7 Å². The highest BCUT2D eigenvalue weighted by Crippen LogP contribution is 2.20. The highest BCUT2D eigenvalue weighted by molar-refractivity contribution is 5.96. The van der Waals surface area contributed by atoms with Crippen molar-refractivity contribution >= 4 is 30.5 Å². The van der Waals surface area contributed by atoms with E-state index in [0.29, 0.717) is 10.8 Å². The summed E-state index contributed by atoms with van der Waals surface area (Å²) in [5, 5.41) is 13.3. The highest BCUT2D eigenvalue weighted by Gasteiger charge is 2.28. The molecule has 0 saturated carbocycles. The van der Waals surface area contributed by atoms with Crippen LogP contribution in [0.15, 0.2) is 35.3 Å². The van der Waals surface area contributed by atoms with Gasteiger partial charge in [-0.15, -0.1) is 10.2 Å². The topological polar surface area (TPSA) is 103 Å². The van der Waals surface area contributed by atoms with Gasteiger partial charge >= 0.3 is 5.97 Å². The van der Waals surface area contributed by atoms with Gasteiger partial charge in [0, 0.05) is 5.22 Å². The zero-order valence-corrected chi connectivity index (χ0v) is 18.5. The van der Waals surface area contributed by atoms with E-state index in [2.05, 4.69) is 43.7 Å². The zero-order valence-electron chi connectivity index (χ0n) is 18.5. The predicted octanol–water partition coefficient (Wildman–Crippen LogP) is 1.37. The number of fused-ring (bicyclic) bond motifs is 2. The van der Waals surface area contributed by atoms with Crippen LogP contribution in [0.3, 0.4) is 0 Å². The first-order chi connectivity index (χ1) is 15.9. The van der Waals surface area contributed by atoms with Gasteiger partial charge in [-0.05, 0) is 26.3 Å². The summed E-state index contributed by atoms with van der Waals surface area (Å²) in [5.74, 6) is 0.254. The van der Waals surface area contributed by atoms with Gasteiger partial charge in [-0.3, -0.25) is 10.1 Å². The summed E-state index contributed by atoms with van der Waals surface area (Å²) in [6, 6.07) is 9.64. The first-order valence-corrected chi connectivity index (χ1v) is 10.2. The first kappa shape index (κ1) is 21.7. The van der Waals surface area contributed by atoms with Crippen molar-refractivity contribution in [2.24, 2.45) is 4.99 Å². The van der Waals surface area contributed by atoms with Gasteiger partial charge in [-0.2, -0.15) is 9.61 Å². The van der Waals surface area contributed by atoms with Crippen LogP contribution < -0.4 is 21.5 Å². The second-order valence-corrected chi connectivity index (χ2v) is 7.28. The largest absolute Gasteiger partial charge is 0.463 e. The number of rotatable bonds is 3. The molecule has 0 fully saturated rings. The summed E-state index contributed by atoms with van der Waals surface area (Å²) in [7, 11) is 0. The second-order valence-electron chi connectivity index (χ2n) is 7.28. The Balaban J connectivity index is 0.000000196. The number of aromatic nitrogens is 5. The van der Waals surface area contributed by atoms with Gasteiger partial charge in [0.15, 0.2) is 23.1 Å². The van der Waals surface area contributed by atoms with Crippen LogP contribution in [-0.2, 0) is 4.74 Å². The molecule has 0 saturated heterocycles. The van der Waals surface area contributed by atoms with Crippen LogP contribution in [0.4, 0.5) is 5.69 Å². The van der Waals surface area contributed by atoms with Crippen LogP contribution >= 0.6 is 0 Å². The molecule has 1 aromatic carbocycles. The lowest BCUT2D eigenvalue weighted by molar-refractivity contribution is 0.0526. The smallest absolute Gasteiger partial charge is 0.331 e. The number of esters is 1. The molecule has 33 heavy (non-hydrogen) atoms. The van der Waals surface area contributed by atoms with Crippen molar-refractivity contribution in [1.82, 2.24) is 24.5 Å². The van der Waals surface area contributed by atoms with Crippen LogP contribution in [0, 0.1) is 20.4 Å². The summed E-state index contributed by atoms with van der Waals surface area (Å²) >= 11 is 0. The Morgan fingerprint density at radius 1 is 1.24 bits per heavy atom. The fourth-order valence-electron chi connectivity index (χ4n) is 3.46. The summed E-state index contributed by atoms with van der Waals surface area (Å²) in [5.41, 5.74) is 6.53. The number of carbonyl (C=O) groups excluding carboxylic acids is 1. The maximum atomic E-state index is 12.1. The van der Waals surface area contributed by atoms with Gasteiger partial charge in [0.1, 0.15) is 5.56 Å². The Hall–Kier alpha value is -4.52. The lowest BCUT2D eigenvalue weighted by Crippen LogP contribution is -2.30. The highest BCUT2D eigenvalue weighted by atomic mass is 16.5. The minimum atomic E-state index is -0.550. The number of nitrogens with one attached hydrogen (secondary N) is 1. The number of ether oxygens (including phenoxy) is 1. The summed E-state index contributed by atoms with van der Waals surface area (Å²) in [6.07, 6.45) is -0.315. The molecular formula is C23H22N8O2. The van der Waals surface area contributed by atoms with Gasteiger partial charge in [0.2, 0.25) is 5.69 Å². The minimum Gasteiger partial charge on any atom is -0.463 e. The molecule has 1 N–H and O–H groups in total. The van der Waals surface area contributed by atoms with E-state index in [9.17, 15) is 4.79 Å². The van der Waals surface area contributed by atoms with Gasteiger partial charge in [0.25, 0.3) is 0 Å². The normalized spacial score (nSPS) is 13.9. The molecule has 5 rings (SSSR count). The summed E-state index contributed by atoms with van der Waals surface area (Å²) in [6.45, 7) is 20.7. The van der Waals surface area contributed by atoms with Crippen molar-refractivity contribution in [2.45, 2.75) is 26.9 Å². The predicted molar refractivity (Wildman–Crippen MR) is 122 cm³/mol. The van der Waals surface area contributed by atoms with Gasteiger partial charge in [-0.1, -0.05) is 43.5 Å². The van der Waals surface area contributed by atoms with Crippen molar-refractivity contribution < 1.29 is 9.53 Å². The Morgan fingerprint density at radius 3 is 2.61 bits per heavy atom. The Morgan fingerprint density at radius 2 is 1.97 bits per heavy atom. The van der Waals surface area contributed by atoms with E-state index < -0.39 is 5.97 Å². The summed E-state index contributed by atoms with van der Waals surface area (Å²) < 4.78 is 8.33. The maximum absolute atomic E-state index is 12.1. The fourth-order valence-corrected chi connectivity index (χ4v) is 3.46. The van der Waals surface area contributed by atoms with E-state index >= 15 is 0 Å². The molecule has 0 amide bonds. The number of benzene rings is 1. The number of hydrogen-bond acceptors (Lipinski definition) is 7. The van der Waals surface area contributed by atoms with E-state index in [1.807, 2.05) is 44.2 Å². The number of nitrogens with zero attached hydrogens (tertiary/aromatic N) is 7. The van der Waals surface area contributed by atoms with Crippen LogP contribution in [0.5, 0.6) is 0 Å². The molecule has 4 aromatic rings. The van der Waals surface area contributed by atoms with Crippen molar-refractivity contribution in [3.8, 4) is 0 Å². The molecule has 3 aromatic heterocycles. The van der Waals surface area contributed by atoms with E-state index in [-0.39, 0.29) is 24.0 Å². The fraction of sp³-hybridized carbons (Fsp3) is 0.217. The molecule has 1 aliphatic heterocycles. The van der Waals surface area contributed by atoms with Crippen molar-refractivity contribution in [1.29, 1.82) is 0 Å². The van der Waals surface area contributed by atoms with Gasteiger partial charge in [0.05, 0.1) is 24.2 Å². The summed E-state index contributed by atoms with van der Waals surface area (Å²) in [4.78, 5) is 20.1. The molecule has 10 heteroatoms. The average Bonchev–Trinajstić information content (AvgIpc) is 3.54. The average molecular weight is 442 g/mol. The maximum Gasteiger partial charge on any atom is 0.331 e. The Kier molecular flexibility index (Phi) is 5.62.